The van der Waals surface area contributed by atoms with Gasteiger partial charge in [0.25, 0.3) is 0 Å². The molecule has 0 aliphatic carbocycles. The summed E-state index contributed by atoms with van der Waals surface area (Å²) in [6.45, 7) is 2.28. The molecule has 6 heteroatoms. The second kappa shape index (κ2) is 9.04. The molecule has 0 saturated carbocycles. The largest absolute Gasteiger partial charge is 0.494 e. The molecule has 2 aromatic rings. The van der Waals surface area contributed by atoms with Gasteiger partial charge in [0.05, 0.1) is 25.4 Å². The fraction of sp³-hybridized carbons (Fsp3) is 0.429. The number of aliphatic hydroxyl groups is 3. The molecule has 0 amide bonds. The Kier molecular flexibility index (Phi) is 6.73. The molecule has 3 rings (SSSR count). The van der Waals surface area contributed by atoms with Crippen LogP contribution in [0.5, 0.6) is 5.75 Å². The minimum Gasteiger partial charge on any atom is -0.494 e. The van der Waals surface area contributed by atoms with Gasteiger partial charge in [0.1, 0.15) is 18.0 Å². The van der Waals surface area contributed by atoms with Gasteiger partial charge in [-0.2, -0.15) is 0 Å². The quantitative estimate of drug-likeness (QED) is 0.704. The molecule has 5 nitrogen and oxygen atoms in total. The zero-order valence-corrected chi connectivity index (χ0v) is 16.0. The van der Waals surface area contributed by atoms with Crippen molar-refractivity contribution >= 4 is 11.6 Å². The van der Waals surface area contributed by atoms with E-state index in [1.54, 1.807) is 6.07 Å². The zero-order chi connectivity index (χ0) is 19.4. The Bertz CT molecular complexity index is 749. The lowest BCUT2D eigenvalue weighted by atomic mass is 9.92. The topological polar surface area (TPSA) is 79.2 Å². The van der Waals surface area contributed by atoms with E-state index in [1.165, 1.54) is 0 Å². The molecule has 0 aromatic heterocycles. The minimum absolute atomic E-state index is 0.159. The molecule has 3 N–H and O–H groups in total. The molecule has 0 bridgehead atoms. The number of rotatable bonds is 6. The molecule has 1 heterocycles. The lowest BCUT2D eigenvalue weighted by molar-refractivity contribution is -0.181. The summed E-state index contributed by atoms with van der Waals surface area (Å²) in [5, 5.41) is 30.2. The van der Waals surface area contributed by atoms with E-state index in [0.717, 1.165) is 22.4 Å². The van der Waals surface area contributed by atoms with E-state index in [9.17, 15) is 15.3 Å². The number of halogens is 1. The van der Waals surface area contributed by atoms with Gasteiger partial charge in [-0.1, -0.05) is 35.9 Å². The summed E-state index contributed by atoms with van der Waals surface area (Å²) in [5.74, 6) is 0.827. The zero-order valence-electron chi connectivity index (χ0n) is 15.2. The van der Waals surface area contributed by atoms with E-state index in [0.29, 0.717) is 18.1 Å². The van der Waals surface area contributed by atoms with Crippen LogP contribution in [0.4, 0.5) is 0 Å². The first-order valence-electron chi connectivity index (χ1n) is 9.14. The molecule has 27 heavy (non-hydrogen) atoms. The molecule has 1 saturated heterocycles. The number of hydrogen-bond donors (Lipinski definition) is 3. The van der Waals surface area contributed by atoms with E-state index in [2.05, 4.69) is 0 Å². The normalized spacial score (nSPS) is 25.4. The van der Waals surface area contributed by atoms with Crippen LogP contribution in [-0.4, -0.2) is 46.8 Å². The van der Waals surface area contributed by atoms with Crippen molar-refractivity contribution < 1.29 is 24.8 Å². The van der Waals surface area contributed by atoms with Crippen LogP contribution in [0, 0.1) is 0 Å². The SMILES string of the molecule is CCOc1ccc(Cc2cc([C@@H]3OC(CO)[C@@H](O)CC3O)ccc2Cl)cc1. The first kappa shape index (κ1) is 20.1. The fourth-order valence-electron chi connectivity index (χ4n) is 3.36. The maximum absolute atomic E-state index is 10.3. The first-order valence-corrected chi connectivity index (χ1v) is 9.52. The standard InChI is InChI=1S/C21H25ClO5/c1-2-26-16-6-3-13(4-7-16)9-15-10-14(5-8-17(15)22)21-19(25)11-18(24)20(12-23)27-21/h3-8,10,18-21,23-25H,2,9,11-12H2,1H3/t18-,19?,20?,21-/m0/s1. The highest BCUT2D eigenvalue weighted by Crippen LogP contribution is 2.34. The number of aliphatic hydroxyl groups excluding tert-OH is 3. The summed E-state index contributed by atoms with van der Waals surface area (Å²) in [7, 11) is 0. The van der Waals surface area contributed by atoms with Crippen LogP contribution >= 0.6 is 11.6 Å². The van der Waals surface area contributed by atoms with Crippen LogP contribution in [0.25, 0.3) is 0 Å². The highest BCUT2D eigenvalue weighted by atomic mass is 35.5. The van der Waals surface area contributed by atoms with Crippen LogP contribution in [0.3, 0.4) is 0 Å². The predicted octanol–water partition coefficient (Wildman–Crippen LogP) is 2.87. The van der Waals surface area contributed by atoms with Crippen molar-refractivity contribution in [2.24, 2.45) is 0 Å². The monoisotopic (exact) mass is 392 g/mol. The molecule has 2 unspecified atom stereocenters. The highest BCUT2D eigenvalue weighted by Gasteiger charge is 2.36. The van der Waals surface area contributed by atoms with Gasteiger partial charge in [-0.05, 0) is 48.2 Å². The van der Waals surface area contributed by atoms with Crippen molar-refractivity contribution in [3.8, 4) is 5.75 Å². The Hall–Kier alpha value is -1.63. The van der Waals surface area contributed by atoms with E-state index in [4.69, 9.17) is 21.1 Å². The van der Waals surface area contributed by atoms with Crippen LogP contribution in [-0.2, 0) is 11.2 Å². The molecule has 2 aromatic carbocycles. The third kappa shape index (κ3) is 4.81. The average Bonchev–Trinajstić information content (AvgIpc) is 2.66. The summed E-state index contributed by atoms with van der Waals surface area (Å²) < 4.78 is 11.2. The molecule has 0 spiro atoms. The van der Waals surface area contributed by atoms with Crippen molar-refractivity contribution in [1.82, 2.24) is 0 Å². The van der Waals surface area contributed by atoms with Crippen LogP contribution in [0.15, 0.2) is 42.5 Å². The second-order valence-electron chi connectivity index (χ2n) is 6.75. The maximum atomic E-state index is 10.3. The number of benzene rings is 2. The third-order valence-electron chi connectivity index (χ3n) is 4.79. The van der Waals surface area contributed by atoms with Crippen LogP contribution in [0.2, 0.25) is 5.02 Å². The summed E-state index contributed by atoms with van der Waals surface area (Å²) in [6.07, 6.45) is -2.24. The van der Waals surface area contributed by atoms with Gasteiger partial charge in [-0.15, -0.1) is 0 Å². The van der Waals surface area contributed by atoms with Gasteiger partial charge in [0.15, 0.2) is 0 Å². The maximum Gasteiger partial charge on any atom is 0.119 e. The summed E-state index contributed by atoms with van der Waals surface area (Å²) in [6, 6.07) is 13.4. The lowest BCUT2D eigenvalue weighted by Crippen LogP contribution is -2.44. The van der Waals surface area contributed by atoms with Gasteiger partial charge in [-0.3, -0.25) is 0 Å². The van der Waals surface area contributed by atoms with E-state index >= 15 is 0 Å². The van der Waals surface area contributed by atoms with Crippen molar-refractivity contribution in [1.29, 1.82) is 0 Å². The Morgan fingerprint density at radius 2 is 1.85 bits per heavy atom. The van der Waals surface area contributed by atoms with Gasteiger partial charge < -0.3 is 24.8 Å². The summed E-state index contributed by atoms with van der Waals surface area (Å²) in [4.78, 5) is 0. The number of ether oxygens (including phenoxy) is 2. The average molecular weight is 393 g/mol. The molecule has 1 fully saturated rings. The Morgan fingerprint density at radius 3 is 2.52 bits per heavy atom. The highest BCUT2D eigenvalue weighted by molar-refractivity contribution is 6.31. The predicted molar refractivity (Wildman–Crippen MR) is 103 cm³/mol. The number of hydrogen-bond acceptors (Lipinski definition) is 5. The Balaban J connectivity index is 1.79. The van der Waals surface area contributed by atoms with E-state index in [1.807, 2.05) is 43.3 Å². The van der Waals surface area contributed by atoms with E-state index in [-0.39, 0.29) is 13.0 Å². The van der Waals surface area contributed by atoms with Crippen molar-refractivity contribution in [3.63, 3.8) is 0 Å². The Morgan fingerprint density at radius 1 is 1.11 bits per heavy atom. The molecule has 4 atom stereocenters. The van der Waals surface area contributed by atoms with Gasteiger partial charge in [-0.25, -0.2) is 0 Å². The minimum atomic E-state index is -0.878. The smallest absolute Gasteiger partial charge is 0.119 e. The van der Waals surface area contributed by atoms with Gasteiger partial charge >= 0.3 is 0 Å². The molecule has 146 valence electrons. The third-order valence-corrected chi connectivity index (χ3v) is 5.16. The second-order valence-corrected chi connectivity index (χ2v) is 7.16. The summed E-state index contributed by atoms with van der Waals surface area (Å²) in [5.41, 5.74) is 2.78. The van der Waals surface area contributed by atoms with Crippen LogP contribution < -0.4 is 4.74 Å². The molecule has 1 aliphatic rings. The molecular formula is C21H25ClO5. The molecule has 0 radical (unpaired) electrons. The fourth-order valence-corrected chi connectivity index (χ4v) is 3.54. The van der Waals surface area contributed by atoms with Gasteiger partial charge in [0.2, 0.25) is 0 Å². The first-order chi connectivity index (χ1) is 13.0. The summed E-state index contributed by atoms with van der Waals surface area (Å²) >= 11 is 6.37. The van der Waals surface area contributed by atoms with Crippen molar-refractivity contribution in [2.45, 2.75) is 44.2 Å². The van der Waals surface area contributed by atoms with Crippen molar-refractivity contribution in [3.05, 3.63) is 64.2 Å². The molecule has 1 aliphatic heterocycles. The molecular weight excluding hydrogens is 368 g/mol. The van der Waals surface area contributed by atoms with Crippen LogP contribution in [0.1, 0.15) is 36.1 Å². The lowest BCUT2D eigenvalue weighted by Gasteiger charge is -2.37. The Labute approximate surface area is 164 Å². The van der Waals surface area contributed by atoms with Gasteiger partial charge in [0, 0.05) is 11.4 Å². The van der Waals surface area contributed by atoms with E-state index < -0.39 is 24.4 Å². The van der Waals surface area contributed by atoms with Crippen molar-refractivity contribution in [2.75, 3.05) is 13.2 Å².